The Balaban J connectivity index is 3.04. The van der Waals surface area contributed by atoms with E-state index >= 15 is 0 Å². The highest BCUT2D eigenvalue weighted by Gasteiger charge is 2.43. The predicted molar refractivity (Wildman–Crippen MR) is 97.2 cm³/mol. The Morgan fingerprint density at radius 1 is 1.31 bits per heavy atom. The normalized spacial score (nSPS) is 21.3. The van der Waals surface area contributed by atoms with Crippen LogP contribution < -0.4 is 5.32 Å². The lowest BCUT2D eigenvalue weighted by atomic mass is 10.2. The van der Waals surface area contributed by atoms with Gasteiger partial charge in [-0.05, 0) is 34.6 Å². The zero-order valence-corrected chi connectivity index (χ0v) is 17.2. The van der Waals surface area contributed by atoms with Gasteiger partial charge in [-0.2, -0.15) is 11.8 Å². The molecule has 0 spiro atoms. The maximum atomic E-state index is 12.7. The zero-order valence-electron chi connectivity index (χ0n) is 15.6. The fraction of sp³-hybridized carbons (Fsp3) is 0.800. The number of rotatable bonds is 4. The largest absolute Gasteiger partial charge is 0.464 e. The van der Waals surface area contributed by atoms with Gasteiger partial charge in [-0.25, -0.2) is 22.3 Å². The molecule has 0 bridgehead atoms. The summed E-state index contributed by atoms with van der Waals surface area (Å²) in [7, 11) is -4.02. The molecular formula is C15H26N2O7S2. The Hall–Kier alpha value is -1.49. The van der Waals surface area contributed by atoms with Crippen LogP contribution in [0.2, 0.25) is 0 Å². The van der Waals surface area contributed by atoms with Crippen molar-refractivity contribution < 1.29 is 32.3 Å². The topological polar surface area (TPSA) is 119 Å². The third-order valence-electron chi connectivity index (χ3n) is 3.22. The van der Waals surface area contributed by atoms with Crippen molar-refractivity contribution in [2.24, 2.45) is 0 Å². The van der Waals surface area contributed by atoms with Gasteiger partial charge in [0.1, 0.15) is 11.6 Å². The second-order valence-corrected chi connectivity index (χ2v) is 9.78. The van der Waals surface area contributed by atoms with Gasteiger partial charge in [-0.3, -0.25) is 4.79 Å². The standard InChI is InChI=1S/C15H26N2O7S2/c1-6-23-13(19)11-9-25-7-8-26(21,22)17(11)12(18)10(2)16-14(20)24-15(3,4)5/h10-11H,6-9H2,1-5H3,(H,16,20)/t10-,11-/m0/s1. The van der Waals surface area contributed by atoms with E-state index in [-0.39, 0.29) is 23.9 Å². The summed E-state index contributed by atoms with van der Waals surface area (Å²) in [5.41, 5.74) is -0.772. The average Bonchev–Trinajstić information content (AvgIpc) is 2.62. The van der Waals surface area contributed by atoms with Gasteiger partial charge in [-0.15, -0.1) is 0 Å². The van der Waals surface area contributed by atoms with E-state index in [0.717, 1.165) is 0 Å². The summed E-state index contributed by atoms with van der Waals surface area (Å²) in [5, 5.41) is 2.31. The van der Waals surface area contributed by atoms with Gasteiger partial charge in [0, 0.05) is 11.5 Å². The van der Waals surface area contributed by atoms with Crippen molar-refractivity contribution in [3.05, 3.63) is 0 Å². The minimum Gasteiger partial charge on any atom is -0.464 e. The van der Waals surface area contributed by atoms with Gasteiger partial charge < -0.3 is 14.8 Å². The van der Waals surface area contributed by atoms with Crippen molar-refractivity contribution in [3.8, 4) is 0 Å². The van der Waals surface area contributed by atoms with E-state index in [1.54, 1.807) is 27.7 Å². The van der Waals surface area contributed by atoms with E-state index in [4.69, 9.17) is 9.47 Å². The monoisotopic (exact) mass is 410 g/mol. The third kappa shape index (κ3) is 6.35. The number of carbonyl (C=O) groups excluding carboxylic acids is 3. The number of alkyl carbamates (subject to hydrolysis) is 1. The molecule has 2 amide bonds. The highest BCUT2D eigenvalue weighted by atomic mass is 32.2. The van der Waals surface area contributed by atoms with Crippen molar-refractivity contribution in [2.45, 2.75) is 52.3 Å². The minimum absolute atomic E-state index is 0.0633. The molecule has 1 rings (SSSR count). The number of sulfonamides is 1. The van der Waals surface area contributed by atoms with Crippen molar-refractivity contribution in [1.29, 1.82) is 0 Å². The lowest BCUT2D eigenvalue weighted by Crippen LogP contribution is -2.56. The SMILES string of the molecule is CCOC(=O)[C@@H]1CSCCS(=O)(=O)N1C(=O)[C@H](C)NC(=O)OC(C)(C)C. The molecular weight excluding hydrogens is 384 g/mol. The highest BCUT2D eigenvalue weighted by molar-refractivity contribution is 8.01. The first-order chi connectivity index (χ1) is 11.9. The fourth-order valence-corrected chi connectivity index (χ4v) is 5.41. The molecule has 0 aromatic carbocycles. The first-order valence-electron chi connectivity index (χ1n) is 8.19. The number of thioether (sulfide) groups is 1. The molecule has 1 fully saturated rings. The van der Waals surface area contributed by atoms with Crippen LogP contribution >= 0.6 is 11.8 Å². The van der Waals surface area contributed by atoms with Gasteiger partial charge in [0.25, 0.3) is 5.91 Å². The molecule has 0 aliphatic carbocycles. The molecule has 2 atom stereocenters. The van der Waals surface area contributed by atoms with Crippen LogP contribution in [0.1, 0.15) is 34.6 Å². The van der Waals surface area contributed by atoms with Crippen LogP contribution in [0.15, 0.2) is 0 Å². The summed E-state index contributed by atoms with van der Waals surface area (Å²) in [4.78, 5) is 36.8. The smallest absolute Gasteiger partial charge is 0.408 e. The molecule has 9 nitrogen and oxygen atoms in total. The van der Waals surface area contributed by atoms with Crippen molar-refractivity contribution in [3.63, 3.8) is 0 Å². The molecule has 1 N–H and O–H groups in total. The maximum Gasteiger partial charge on any atom is 0.408 e. The average molecular weight is 411 g/mol. The van der Waals surface area contributed by atoms with E-state index in [1.807, 2.05) is 0 Å². The number of esters is 1. The molecule has 150 valence electrons. The highest BCUT2D eigenvalue weighted by Crippen LogP contribution is 2.22. The van der Waals surface area contributed by atoms with Crippen molar-refractivity contribution >= 4 is 39.8 Å². The maximum absolute atomic E-state index is 12.7. The summed E-state index contributed by atoms with van der Waals surface area (Å²) >= 11 is 1.25. The molecule has 11 heteroatoms. The first kappa shape index (κ1) is 22.6. The molecule has 26 heavy (non-hydrogen) atoms. The number of nitrogens with zero attached hydrogens (tertiary/aromatic N) is 1. The summed E-state index contributed by atoms with van der Waals surface area (Å²) in [6.45, 7) is 7.97. The molecule has 0 unspecified atom stereocenters. The summed E-state index contributed by atoms with van der Waals surface area (Å²) in [6.07, 6.45) is -0.854. The van der Waals surface area contributed by atoms with Gasteiger partial charge in [0.15, 0.2) is 6.04 Å². The minimum atomic E-state index is -4.02. The van der Waals surface area contributed by atoms with Gasteiger partial charge in [0.2, 0.25) is 10.0 Å². The molecule has 0 saturated carbocycles. The Morgan fingerprint density at radius 2 is 1.92 bits per heavy atom. The van der Waals surface area contributed by atoms with Crippen LogP contribution in [0.3, 0.4) is 0 Å². The molecule has 1 aliphatic rings. The number of nitrogens with one attached hydrogen (secondary N) is 1. The van der Waals surface area contributed by atoms with Crippen LogP contribution in [0.5, 0.6) is 0 Å². The van der Waals surface area contributed by atoms with Crippen LogP contribution in [-0.4, -0.2) is 72.2 Å². The fourth-order valence-electron chi connectivity index (χ4n) is 2.15. The van der Waals surface area contributed by atoms with Gasteiger partial charge in [-0.1, -0.05) is 0 Å². The molecule has 0 aromatic heterocycles. The van der Waals surface area contributed by atoms with Crippen LogP contribution in [-0.2, 0) is 29.1 Å². The van der Waals surface area contributed by atoms with Gasteiger partial charge in [0.05, 0.1) is 12.4 Å². The molecule has 0 aromatic rings. The second kappa shape index (κ2) is 8.94. The predicted octanol–water partition coefficient (Wildman–Crippen LogP) is 0.737. The third-order valence-corrected chi connectivity index (χ3v) is 6.28. The zero-order chi connectivity index (χ0) is 20.1. The Kier molecular flexibility index (Phi) is 7.75. The van der Waals surface area contributed by atoms with Crippen LogP contribution in [0.25, 0.3) is 0 Å². The van der Waals surface area contributed by atoms with E-state index in [9.17, 15) is 22.8 Å². The van der Waals surface area contributed by atoms with E-state index < -0.39 is 45.7 Å². The van der Waals surface area contributed by atoms with Crippen LogP contribution in [0.4, 0.5) is 4.79 Å². The number of amides is 2. The summed E-state index contributed by atoms with van der Waals surface area (Å²) < 4.78 is 35.6. The summed E-state index contributed by atoms with van der Waals surface area (Å²) in [5.74, 6) is -1.61. The number of ether oxygens (including phenoxy) is 2. The first-order valence-corrected chi connectivity index (χ1v) is 10.9. The molecule has 1 saturated heterocycles. The molecule has 0 radical (unpaired) electrons. The Labute approximate surface area is 158 Å². The Morgan fingerprint density at radius 3 is 2.46 bits per heavy atom. The number of hydrogen-bond acceptors (Lipinski definition) is 8. The number of hydrogen-bond donors (Lipinski definition) is 1. The second-order valence-electron chi connectivity index (χ2n) is 6.66. The van der Waals surface area contributed by atoms with E-state index in [2.05, 4.69) is 5.32 Å². The lowest BCUT2D eigenvalue weighted by Gasteiger charge is -2.29. The van der Waals surface area contributed by atoms with Crippen molar-refractivity contribution in [1.82, 2.24) is 9.62 Å². The quantitative estimate of drug-likeness (QED) is 0.674. The van der Waals surface area contributed by atoms with E-state index in [0.29, 0.717) is 4.31 Å². The lowest BCUT2D eigenvalue weighted by molar-refractivity contribution is -0.150. The molecule has 1 heterocycles. The molecule has 1 aliphatic heterocycles. The van der Waals surface area contributed by atoms with Gasteiger partial charge >= 0.3 is 12.1 Å². The van der Waals surface area contributed by atoms with E-state index in [1.165, 1.54) is 18.7 Å². The summed E-state index contributed by atoms with van der Waals surface area (Å²) in [6, 6.07) is -2.46. The van der Waals surface area contributed by atoms with Crippen LogP contribution in [0, 0.1) is 0 Å². The van der Waals surface area contributed by atoms with Crippen molar-refractivity contribution in [2.75, 3.05) is 23.9 Å². The Bertz CT molecular complexity index is 643. The number of carbonyl (C=O) groups is 3.